The van der Waals surface area contributed by atoms with Crippen molar-refractivity contribution in [3.63, 3.8) is 0 Å². The molecule has 0 aliphatic carbocycles. The summed E-state index contributed by atoms with van der Waals surface area (Å²) < 4.78 is 16.6. The molecule has 1 aliphatic heterocycles. The molecule has 0 N–H and O–H groups in total. The molecule has 1 aliphatic rings. The lowest BCUT2D eigenvalue weighted by molar-refractivity contribution is -0.122. The molecule has 0 spiro atoms. The van der Waals surface area contributed by atoms with Crippen LogP contribution in [0.25, 0.3) is 6.08 Å². The largest absolute Gasteiger partial charge is 0.493 e. The fourth-order valence-electron chi connectivity index (χ4n) is 2.96. The Kier molecular flexibility index (Phi) is 8.61. The van der Waals surface area contributed by atoms with Crippen LogP contribution < -0.4 is 9.47 Å². The van der Waals surface area contributed by atoms with Crippen LogP contribution in [0.5, 0.6) is 11.5 Å². The minimum absolute atomic E-state index is 0.00340. The molecule has 1 saturated heterocycles. The predicted octanol–water partition coefficient (Wildman–Crippen LogP) is 5.78. The van der Waals surface area contributed by atoms with Crippen LogP contribution in [-0.4, -0.2) is 49.4 Å². The average molecular weight is 475 g/mol. The van der Waals surface area contributed by atoms with Gasteiger partial charge in [-0.3, -0.25) is 9.69 Å². The van der Waals surface area contributed by atoms with Gasteiger partial charge in [-0.25, -0.2) is 4.99 Å². The van der Waals surface area contributed by atoms with Crippen LogP contribution in [0.1, 0.15) is 25.8 Å². The van der Waals surface area contributed by atoms with Gasteiger partial charge in [0.25, 0.3) is 5.91 Å². The topological polar surface area (TPSA) is 60.4 Å². The van der Waals surface area contributed by atoms with E-state index in [0.717, 1.165) is 17.7 Å². The van der Waals surface area contributed by atoms with Gasteiger partial charge in [-0.15, -0.1) is 0 Å². The van der Waals surface area contributed by atoms with E-state index in [4.69, 9.17) is 25.8 Å². The third-order valence-corrected chi connectivity index (χ3v) is 6.12. The second kappa shape index (κ2) is 11.4. The van der Waals surface area contributed by atoms with Crippen molar-refractivity contribution in [1.29, 1.82) is 0 Å². The lowest BCUT2D eigenvalue weighted by atomic mass is 10.1. The van der Waals surface area contributed by atoms with Crippen LogP contribution >= 0.6 is 23.4 Å². The van der Waals surface area contributed by atoms with E-state index in [0.29, 0.717) is 39.7 Å². The van der Waals surface area contributed by atoms with Crippen molar-refractivity contribution in [3.05, 3.63) is 58.0 Å². The van der Waals surface area contributed by atoms with Crippen LogP contribution in [-0.2, 0) is 9.53 Å². The number of carbonyl (C=O) groups is 1. The summed E-state index contributed by atoms with van der Waals surface area (Å²) >= 11 is 7.81. The number of nitrogens with zero attached hydrogens (tertiary/aromatic N) is 2. The first-order valence-electron chi connectivity index (χ1n) is 10.3. The van der Waals surface area contributed by atoms with E-state index >= 15 is 0 Å². The zero-order valence-electron chi connectivity index (χ0n) is 18.6. The standard InChI is InChI=1S/C24H27ClN2O4S/c1-5-16(2)31-22-19(25)13-17(14-20(22)30-4)15-21-23(28)27(11-12-29-3)24(32-21)26-18-9-7-6-8-10-18/h6-10,13-16H,5,11-12H2,1-4H3. The number of hydrogen-bond acceptors (Lipinski definition) is 6. The van der Waals surface area contributed by atoms with Crippen molar-refractivity contribution >= 4 is 46.2 Å². The summed E-state index contributed by atoms with van der Waals surface area (Å²) in [6, 6.07) is 13.1. The quantitative estimate of drug-likeness (QED) is 0.431. The smallest absolute Gasteiger partial charge is 0.266 e. The molecule has 8 heteroatoms. The van der Waals surface area contributed by atoms with E-state index in [2.05, 4.69) is 4.99 Å². The highest BCUT2D eigenvalue weighted by molar-refractivity contribution is 8.18. The summed E-state index contributed by atoms with van der Waals surface area (Å²) in [6.07, 6.45) is 2.64. The van der Waals surface area contributed by atoms with Gasteiger partial charge in [-0.1, -0.05) is 36.7 Å². The van der Waals surface area contributed by atoms with E-state index in [1.54, 1.807) is 31.3 Å². The molecule has 0 saturated carbocycles. The van der Waals surface area contributed by atoms with Crippen LogP contribution in [0, 0.1) is 0 Å². The Labute approximate surface area is 198 Å². The Morgan fingerprint density at radius 2 is 1.97 bits per heavy atom. The third kappa shape index (κ3) is 5.85. The molecule has 32 heavy (non-hydrogen) atoms. The number of thioether (sulfide) groups is 1. The minimum Gasteiger partial charge on any atom is -0.493 e. The number of carbonyl (C=O) groups excluding carboxylic acids is 1. The van der Waals surface area contributed by atoms with Crippen molar-refractivity contribution in [2.75, 3.05) is 27.4 Å². The molecule has 1 atom stereocenters. The highest BCUT2D eigenvalue weighted by atomic mass is 35.5. The average Bonchev–Trinajstić information content (AvgIpc) is 3.08. The molecule has 1 unspecified atom stereocenters. The van der Waals surface area contributed by atoms with E-state index in [-0.39, 0.29) is 12.0 Å². The van der Waals surface area contributed by atoms with Crippen LogP contribution in [0.3, 0.4) is 0 Å². The SMILES string of the molecule is CCC(C)Oc1c(Cl)cc(C=C2SC(=Nc3ccccc3)N(CCOC)C2=O)cc1OC. The number of amides is 1. The van der Waals surface area contributed by atoms with Gasteiger partial charge in [-0.2, -0.15) is 0 Å². The lowest BCUT2D eigenvalue weighted by Gasteiger charge is -2.17. The Balaban J connectivity index is 1.94. The van der Waals surface area contributed by atoms with Gasteiger partial charge in [0.2, 0.25) is 0 Å². The second-order valence-electron chi connectivity index (χ2n) is 7.16. The first kappa shape index (κ1) is 24.2. The third-order valence-electron chi connectivity index (χ3n) is 4.83. The predicted molar refractivity (Wildman–Crippen MR) is 131 cm³/mol. The Morgan fingerprint density at radius 1 is 1.22 bits per heavy atom. The number of methoxy groups -OCH3 is 2. The summed E-state index contributed by atoms with van der Waals surface area (Å²) in [6.45, 7) is 4.84. The van der Waals surface area contributed by atoms with Gasteiger partial charge in [0.05, 0.1) is 42.0 Å². The summed E-state index contributed by atoms with van der Waals surface area (Å²) in [5.41, 5.74) is 1.52. The molecule has 2 aromatic carbocycles. The normalized spacial score (nSPS) is 17.3. The van der Waals surface area contributed by atoms with Gasteiger partial charge >= 0.3 is 0 Å². The van der Waals surface area contributed by atoms with Gasteiger partial charge in [-0.05, 0) is 61.0 Å². The fourth-order valence-corrected chi connectivity index (χ4v) is 4.25. The maximum Gasteiger partial charge on any atom is 0.266 e. The van der Waals surface area contributed by atoms with E-state index in [9.17, 15) is 4.79 Å². The maximum absolute atomic E-state index is 13.1. The van der Waals surface area contributed by atoms with Crippen molar-refractivity contribution < 1.29 is 19.0 Å². The minimum atomic E-state index is -0.128. The molecule has 0 bridgehead atoms. The number of halogens is 1. The molecule has 0 aromatic heterocycles. The number of rotatable bonds is 9. The summed E-state index contributed by atoms with van der Waals surface area (Å²) in [4.78, 5) is 20.0. The maximum atomic E-state index is 13.1. The van der Waals surface area contributed by atoms with Crippen molar-refractivity contribution in [2.45, 2.75) is 26.4 Å². The Bertz CT molecular complexity index is 1010. The Hall–Kier alpha value is -2.48. The van der Waals surface area contributed by atoms with Crippen molar-refractivity contribution in [1.82, 2.24) is 4.90 Å². The monoisotopic (exact) mass is 474 g/mol. The molecule has 3 rings (SSSR count). The van der Waals surface area contributed by atoms with Gasteiger partial charge in [0.15, 0.2) is 16.7 Å². The van der Waals surface area contributed by atoms with E-state index in [1.807, 2.05) is 50.2 Å². The second-order valence-corrected chi connectivity index (χ2v) is 8.58. The van der Waals surface area contributed by atoms with Gasteiger partial charge in [0.1, 0.15) is 0 Å². The number of benzene rings is 2. The number of amidine groups is 1. The Morgan fingerprint density at radius 3 is 2.62 bits per heavy atom. The van der Waals surface area contributed by atoms with Crippen molar-refractivity contribution in [3.8, 4) is 11.5 Å². The molecule has 1 heterocycles. The molecule has 0 radical (unpaired) electrons. The number of hydrogen-bond donors (Lipinski definition) is 0. The van der Waals surface area contributed by atoms with E-state index < -0.39 is 0 Å². The first-order chi connectivity index (χ1) is 15.5. The number of ether oxygens (including phenoxy) is 3. The molecule has 6 nitrogen and oxygen atoms in total. The molecule has 2 aromatic rings. The summed E-state index contributed by atoms with van der Waals surface area (Å²) in [7, 11) is 3.17. The highest BCUT2D eigenvalue weighted by Crippen LogP contribution is 2.40. The highest BCUT2D eigenvalue weighted by Gasteiger charge is 2.33. The van der Waals surface area contributed by atoms with Crippen LogP contribution in [0.15, 0.2) is 52.4 Å². The fraction of sp³-hybridized carbons (Fsp3) is 0.333. The first-order valence-corrected chi connectivity index (χ1v) is 11.5. The van der Waals surface area contributed by atoms with Crippen molar-refractivity contribution in [2.24, 2.45) is 4.99 Å². The molecule has 1 amide bonds. The zero-order valence-corrected chi connectivity index (χ0v) is 20.2. The molecular weight excluding hydrogens is 448 g/mol. The zero-order chi connectivity index (χ0) is 23.1. The summed E-state index contributed by atoms with van der Waals surface area (Å²) in [5, 5.41) is 1.04. The number of para-hydroxylation sites is 1. The van der Waals surface area contributed by atoms with Gasteiger partial charge in [0, 0.05) is 7.11 Å². The molecule has 1 fully saturated rings. The molecular formula is C24H27ClN2O4S. The van der Waals surface area contributed by atoms with E-state index in [1.165, 1.54) is 11.8 Å². The van der Waals surface area contributed by atoms with Crippen LogP contribution in [0.4, 0.5) is 5.69 Å². The lowest BCUT2D eigenvalue weighted by Crippen LogP contribution is -2.32. The molecule has 170 valence electrons. The number of aliphatic imine (C=N–C) groups is 1. The van der Waals surface area contributed by atoms with Gasteiger partial charge < -0.3 is 14.2 Å². The van der Waals surface area contributed by atoms with Crippen LogP contribution in [0.2, 0.25) is 5.02 Å². The summed E-state index contributed by atoms with van der Waals surface area (Å²) in [5.74, 6) is 0.899.